The van der Waals surface area contributed by atoms with Crippen LogP contribution in [0.3, 0.4) is 0 Å². The Hall–Kier alpha value is -0.900. The summed E-state index contributed by atoms with van der Waals surface area (Å²) in [5.41, 5.74) is 2.30. The highest BCUT2D eigenvalue weighted by Gasteiger charge is 2.31. The number of rotatable bonds is 2. The highest BCUT2D eigenvalue weighted by Crippen LogP contribution is 2.31. The first-order valence-electron chi connectivity index (χ1n) is 6.33. The maximum Gasteiger partial charge on any atom is 0.105 e. The van der Waals surface area contributed by atoms with Gasteiger partial charge in [-0.1, -0.05) is 24.3 Å². The molecule has 1 heterocycles. The van der Waals surface area contributed by atoms with Crippen LogP contribution < -0.4 is 0 Å². The molecule has 1 fully saturated rings. The molecule has 3 heteroatoms. The Kier molecular flexibility index (Phi) is 3.14. The number of hydrogen-bond acceptors (Lipinski definition) is 3. The van der Waals surface area contributed by atoms with E-state index in [4.69, 9.17) is 9.47 Å². The molecular weight excluding hydrogens is 216 g/mol. The van der Waals surface area contributed by atoms with E-state index >= 15 is 0 Å². The molecule has 3 nitrogen and oxygen atoms in total. The molecule has 2 aliphatic rings. The summed E-state index contributed by atoms with van der Waals surface area (Å²) in [5.74, 6) is 0. The fourth-order valence-corrected chi connectivity index (χ4v) is 2.58. The van der Waals surface area contributed by atoms with Crippen molar-refractivity contribution in [2.75, 3.05) is 13.2 Å². The lowest BCUT2D eigenvalue weighted by atomic mass is 10.00. The Morgan fingerprint density at radius 2 is 2.06 bits per heavy atom. The number of fused-ring (bicyclic) bond motifs is 1. The van der Waals surface area contributed by atoms with Gasteiger partial charge < -0.3 is 14.6 Å². The van der Waals surface area contributed by atoms with Gasteiger partial charge in [0.2, 0.25) is 0 Å². The van der Waals surface area contributed by atoms with Crippen LogP contribution in [-0.4, -0.2) is 30.5 Å². The van der Waals surface area contributed by atoms with Gasteiger partial charge in [-0.05, 0) is 30.4 Å². The number of hydrogen-bond donors (Lipinski definition) is 1. The zero-order valence-electron chi connectivity index (χ0n) is 9.84. The summed E-state index contributed by atoms with van der Waals surface area (Å²) in [7, 11) is 0. The lowest BCUT2D eigenvalue weighted by Crippen LogP contribution is -2.40. The first-order chi connectivity index (χ1) is 8.34. The van der Waals surface area contributed by atoms with E-state index in [2.05, 4.69) is 6.07 Å². The molecule has 0 bridgehead atoms. The zero-order valence-corrected chi connectivity index (χ0v) is 9.84. The molecule has 17 heavy (non-hydrogen) atoms. The minimum atomic E-state index is -0.491. The Morgan fingerprint density at radius 3 is 2.82 bits per heavy atom. The van der Waals surface area contributed by atoms with Gasteiger partial charge in [-0.3, -0.25) is 0 Å². The first-order valence-corrected chi connectivity index (χ1v) is 6.33. The van der Waals surface area contributed by atoms with E-state index < -0.39 is 6.10 Å². The minimum Gasteiger partial charge on any atom is -0.386 e. The number of aliphatic hydroxyl groups is 1. The molecule has 0 saturated carbocycles. The molecule has 1 aromatic carbocycles. The van der Waals surface area contributed by atoms with Crippen LogP contribution >= 0.6 is 0 Å². The molecule has 0 radical (unpaired) electrons. The Labute approximate surface area is 101 Å². The zero-order chi connectivity index (χ0) is 11.7. The molecule has 1 saturated heterocycles. The second-order valence-electron chi connectivity index (χ2n) is 4.87. The highest BCUT2D eigenvalue weighted by molar-refractivity contribution is 5.31. The molecule has 1 aromatic rings. The van der Waals surface area contributed by atoms with Gasteiger partial charge in [-0.15, -0.1) is 0 Å². The van der Waals surface area contributed by atoms with Gasteiger partial charge in [0.15, 0.2) is 0 Å². The summed E-state index contributed by atoms with van der Waals surface area (Å²) >= 11 is 0. The molecule has 0 aromatic heterocycles. The molecule has 92 valence electrons. The van der Waals surface area contributed by atoms with E-state index in [0.717, 1.165) is 24.8 Å². The van der Waals surface area contributed by atoms with Crippen molar-refractivity contribution >= 4 is 0 Å². The summed E-state index contributed by atoms with van der Waals surface area (Å²) in [5, 5.41) is 10.4. The third-order valence-corrected chi connectivity index (χ3v) is 3.64. The van der Waals surface area contributed by atoms with E-state index in [1.165, 1.54) is 5.56 Å². The predicted octanol–water partition coefficient (Wildman–Crippen LogP) is 1.84. The maximum absolute atomic E-state index is 10.4. The molecular formula is C14H18O3. The van der Waals surface area contributed by atoms with E-state index in [0.29, 0.717) is 13.2 Å². The third-order valence-electron chi connectivity index (χ3n) is 3.64. The summed E-state index contributed by atoms with van der Waals surface area (Å²) in [6.07, 6.45) is 2.65. The summed E-state index contributed by atoms with van der Waals surface area (Å²) in [6, 6.07) is 8.13. The molecule has 1 aliphatic heterocycles. The van der Waals surface area contributed by atoms with Gasteiger partial charge in [0.05, 0.1) is 19.3 Å². The second-order valence-corrected chi connectivity index (χ2v) is 4.87. The quantitative estimate of drug-likeness (QED) is 0.794. The molecule has 2 atom stereocenters. The fraction of sp³-hybridized carbons (Fsp3) is 0.571. The first kappa shape index (κ1) is 11.2. The SMILES string of the molecule is OC1c2ccccc2CCCC1OC1COC1. The number of ether oxygens (including phenoxy) is 2. The van der Waals surface area contributed by atoms with Crippen LogP contribution in [0.4, 0.5) is 0 Å². The van der Waals surface area contributed by atoms with Crippen LogP contribution in [0.5, 0.6) is 0 Å². The monoisotopic (exact) mass is 234 g/mol. The summed E-state index contributed by atoms with van der Waals surface area (Å²) in [6.45, 7) is 1.34. The summed E-state index contributed by atoms with van der Waals surface area (Å²) in [4.78, 5) is 0. The van der Waals surface area contributed by atoms with Crippen molar-refractivity contribution in [2.24, 2.45) is 0 Å². The van der Waals surface area contributed by atoms with Crippen molar-refractivity contribution in [2.45, 2.75) is 37.6 Å². The number of aryl methyl sites for hydroxylation is 1. The smallest absolute Gasteiger partial charge is 0.105 e. The fourth-order valence-electron chi connectivity index (χ4n) is 2.58. The van der Waals surface area contributed by atoms with E-state index in [-0.39, 0.29) is 12.2 Å². The van der Waals surface area contributed by atoms with Crippen molar-refractivity contribution in [3.8, 4) is 0 Å². The lowest BCUT2D eigenvalue weighted by molar-refractivity contribution is -0.177. The Morgan fingerprint density at radius 1 is 1.24 bits per heavy atom. The number of aliphatic hydroxyl groups excluding tert-OH is 1. The molecule has 1 N–H and O–H groups in total. The van der Waals surface area contributed by atoms with Crippen LogP contribution in [-0.2, 0) is 15.9 Å². The van der Waals surface area contributed by atoms with Gasteiger partial charge in [0, 0.05) is 0 Å². The van der Waals surface area contributed by atoms with Crippen molar-refractivity contribution in [1.82, 2.24) is 0 Å². The third kappa shape index (κ3) is 2.23. The second kappa shape index (κ2) is 4.77. The molecule has 0 amide bonds. The van der Waals surface area contributed by atoms with Crippen LogP contribution in [0, 0.1) is 0 Å². The maximum atomic E-state index is 10.4. The van der Waals surface area contributed by atoms with Crippen LogP contribution in [0.25, 0.3) is 0 Å². The van der Waals surface area contributed by atoms with Crippen molar-refractivity contribution < 1.29 is 14.6 Å². The average Bonchev–Trinajstić information content (AvgIpc) is 2.45. The molecule has 2 unspecified atom stereocenters. The topological polar surface area (TPSA) is 38.7 Å². The van der Waals surface area contributed by atoms with Crippen LogP contribution in [0.15, 0.2) is 24.3 Å². The van der Waals surface area contributed by atoms with Gasteiger partial charge in [0.25, 0.3) is 0 Å². The standard InChI is InChI=1S/C14H18O3/c15-14-12-6-2-1-4-10(12)5-3-7-13(14)17-11-8-16-9-11/h1-2,4,6,11,13-15H,3,5,7-9H2. The van der Waals surface area contributed by atoms with Gasteiger partial charge in [-0.2, -0.15) is 0 Å². The summed E-state index contributed by atoms with van der Waals surface area (Å²) < 4.78 is 11.0. The largest absolute Gasteiger partial charge is 0.386 e. The van der Waals surface area contributed by atoms with Gasteiger partial charge in [0.1, 0.15) is 12.2 Å². The molecule has 3 rings (SSSR count). The Balaban J connectivity index is 1.78. The van der Waals surface area contributed by atoms with Crippen LogP contribution in [0.1, 0.15) is 30.1 Å². The molecule has 0 spiro atoms. The average molecular weight is 234 g/mol. The molecule has 1 aliphatic carbocycles. The van der Waals surface area contributed by atoms with E-state index in [9.17, 15) is 5.11 Å². The predicted molar refractivity (Wildman–Crippen MR) is 63.8 cm³/mol. The lowest BCUT2D eigenvalue weighted by Gasteiger charge is -2.32. The van der Waals surface area contributed by atoms with Gasteiger partial charge in [-0.25, -0.2) is 0 Å². The normalized spacial score (nSPS) is 29.2. The van der Waals surface area contributed by atoms with Crippen molar-refractivity contribution in [1.29, 1.82) is 0 Å². The number of benzene rings is 1. The van der Waals surface area contributed by atoms with Crippen molar-refractivity contribution in [3.05, 3.63) is 35.4 Å². The minimum absolute atomic E-state index is 0.0763. The highest BCUT2D eigenvalue weighted by atomic mass is 16.6. The van der Waals surface area contributed by atoms with E-state index in [1.54, 1.807) is 0 Å². The van der Waals surface area contributed by atoms with E-state index in [1.807, 2.05) is 18.2 Å². The van der Waals surface area contributed by atoms with Crippen molar-refractivity contribution in [3.63, 3.8) is 0 Å². The van der Waals surface area contributed by atoms with Crippen LogP contribution in [0.2, 0.25) is 0 Å². The van der Waals surface area contributed by atoms with Gasteiger partial charge >= 0.3 is 0 Å². The Bertz CT molecular complexity index is 387.